The predicted molar refractivity (Wildman–Crippen MR) is 120 cm³/mol. The lowest BCUT2D eigenvalue weighted by Gasteiger charge is -2.24. The Kier molecular flexibility index (Phi) is 5.17. The highest BCUT2D eigenvalue weighted by Crippen LogP contribution is 2.46. The molecule has 2 aromatic carbocycles. The lowest BCUT2D eigenvalue weighted by Crippen LogP contribution is -2.39. The zero-order valence-electron chi connectivity index (χ0n) is 18.4. The molecule has 32 heavy (non-hydrogen) atoms. The molecule has 0 bridgehead atoms. The molecule has 0 saturated carbocycles. The molecule has 168 valence electrons. The summed E-state index contributed by atoms with van der Waals surface area (Å²) in [5.41, 5.74) is 1.19. The van der Waals surface area contributed by atoms with Gasteiger partial charge in [-0.25, -0.2) is 0 Å². The van der Waals surface area contributed by atoms with Gasteiger partial charge in [0.1, 0.15) is 34.8 Å². The van der Waals surface area contributed by atoms with Gasteiger partial charge in [-0.1, -0.05) is 17.7 Å². The quantitative estimate of drug-likeness (QED) is 0.357. The minimum atomic E-state index is -1.14. The third-order valence-corrected chi connectivity index (χ3v) is 5.78. The number of rotatable bonds is 4. The van der Waals surface area contributed by atoms with Gasteiger partial charge in [0.2, 0.25) is 5.43 Å². The molecule has 1 atom stereocenters. The van der Waals surface area contributed by atoms with Crippen molar-refractivity contribution in [1.82, 2.24) is 0 Å². The summed E-state index contributed by atoms with van der Waals surface area (Å²) in [6.07, 6.45) is 3.29. The van der Waals surface area contributed by atoms with E-state index >= 15 is 0 Å². The van der Waals surface area contributed by atoms with E-state index in [9.17, 15) is 25.2 Å². The molecule has 4 rings (SSSR count). The highest BCUT2D eigenvalue weighted by atomic mass is 16.5. The summed E-state index contributed by atoms with van der Waals surface area (Å²) in [5, 5.41) is 41.1. The summed E-state index contributed by atoms with van der Waals surface area (Å²) in [4.78, 5) is 13.4. The van der Waals surface area contributed by atoms with Crippen LogP contribution < -0.4 is 10.2 Å². The van der Waals surface area contributed by atoms with Crippen LogP contribution in [-0.4, -0.2) is 32.1 Å². The van der Waals surface area contributed by atoms with E-state index in [0.29, 0.717) is 35.3 Å². The largest absolute Gasteiger partial charge is 0.507 e. The Morgan fingerprint density at radius 3 is 2.53 bits per heavy atom. The number of aliphatic hydroxyl groups is 1. The zero-order valence-corrected chi connectivity index (χ0v) is 18.4. The minimum absolute atomic E-state index is 0.0194. The number of allylic oxidation sites excluding steroid dienone is 2. The fraction of sp³-hybridized carbons (Fsp3) is 0.320. The highest BCUT2D eigenvalue weighted by molar-refractivity contribution is 5.93. The first-order valence-electron chi connectivity index (χ1n) is 10.4. The summed E-state index contributed by atoms with van der Waals surface area (Å²) >= 11 is 0. The van der Waals surface area contributed by atoms with Crippen LogP contribution in [0.4, 0.5) is 0 Å². The summed E-state index contributed by atoms with van der Waals surface area (Å²) < 4.78 is 11.9. The molecular weight excluding hydrogens is 412 g/mol. The van der Waals surface area contributed by atoms with Gasteiger partial charge in [-0.15, -0.1) is 0 Å². The van der Waals surface area contributed by atoms with E-state index in [0.717, 1.165) is 5.57 Å². The number of aromatic hydroxyl groups is 3. The lowest BCUT2D eigenvalue weighted by molar-refractivity contribution is -0.0232. The fourth-order valence-electron chi connectivity index (χ4n) is 3.93. The third-order valence-electron chi connectivity index (χ3n) is 5.78. The third kappa shape index (κ3) is 3.58. The molecule has 2 heterocycles. The van der Waals surface area contributed by atoms with E-state index in [-0.39, 0.29) is 33.8 Å². The van der Waals surface area contributed by atoms with Crippen molar-refractivity contribution < 1.29 is 29.6 Å². The second kappa shape index (κ2) is 7.60. The Morgan fingerprint density at radius 1 is 1.19 bits per heavy atom. The van der Waals surface area contributed by atoms with E-state index in [1.165, 1.54) is 24.5 Å². The number of hydrogen-bond donors (Lipinski definition) is 4. The van der Waals surface area contributed by atoms with Gasteiger partial charge in [-0.3, -0.25) is 4.79 Å². The molecule has 1 aliphatic heterocycles. The molecule has 0 unspecified atom stereocenters. The molecule has 0 aliphatic carbocycles. The van der Waals surface area contributed by atoms with Gasteiger partial charge in [0.05, 0.1) is 11.2 Å². The first-order chi connectivity index (χ1) is 15.0. The maximum atomic E-state index is 13.4. The molecular formula is C25H26O7. The average Bonchev–Trinajstić information content (AvgIpc) is 3.15. The Bertz CT molecular complexity index is 1300. The van der Waals surface area contributed by atoms with Gasteiger partial charge in [0.25, 0.3) is 0 Å². The Balaban J connectivity index is 2.00. The van der Waals surface area contributed by atoms with Crippen molar-refractivity contribution in [2.75, 3.05) is 0 Å². The van der Waals surface area contributed by atoms with Gasteiger partial charge < -0.3 is 29.6 Å². The first-order valence-corrected chi connectivity index (χ1v) is 10.4. The molecule has 0 saturated heterocycles. The number of benzene rings is 2. The van der Waals surface area contributed by atoms with Crippen molar-refractivity contribution in [2.24, 2.45) is 0 Å². The predicted octanol–water partition coefficient (Wildman–Crippen LogP) is 4.16. The number of phenolic OH excluding ortho intramolecular Hbond substituents is 3. The lowest BCUT2D eigenvalue weighted by atomic mass is 9.93. The molecule has 7 heteroatoms. The molecule has 1 aliphatic rings. The van der Waals surface area contributed by atoms with Crippen molar-refractivity contribution in [3.63, 3.8) is 0 Å². The SMILES string of the molecule is CC(C)=CCc1c2c(c3occ(-c4ccc(O)c(O)c4)c(=O)c3c1O)C[C@H](C(C)(C)O)O2. The normalized spacial score (nSPS) is 15.5. The summed E-state index contributed by atoms with van der Waals surface area (Å²) in [5.74, 6) is -0.478. The van der Waals surface area contributed by atoms with Crippen LogP contribution in [0.2, 0.25) is 0 Å². The smallest absolute Gasteiger partial charge is 0.204 e. The van der Waals surface area contributed by atoms with Crippen molar-refractivity contribution in [3.8, 4) is 34.1 Å². The summed E-state index contributed by atoms with van der Waals surface area (Å²) in [6, 6.07) is 4.02. The van der Waals surface area contributed by atoms with Crippen LogP contribution in [0.5, 0.6) is 23.0 Å². The van der Waals surface area contributed by atoms with Gasteiger partial charge >= 0.3 is 0 Å². The van der Waals surface area contributed by atoms with Gasteiger partial charge in [-0.2, -0.15) is 0 Å². The number of hydrogen-bond acceptors (Lipinski definition) is 7. The summed E-state index contributed by atoms with van der Waals surface area (Å²) in [7, 11) is 0. The van der Waals surface area contributed by atoms with Crippen LogP contribution in [0, 0.1) is 0 Å². The maximum Gasteiger partial charge on any atom is 0.204 e. The van der Waals surface area contributed by atoms with E-state index in [2.05, 4.69) is 0 Å². The van der Waals surface area contributed by atoms with E-state index < -0.39 is 17.1 Å². The van der Waals surface area contributed by atoms with Crippen LogP contribution in [0.15, 0.2) is 45.3 Å². The monoisotopic (exact) mass is 438 g/mol. The molecule has 0 amide bonds. The second-order valence-corrected chi connectivity index (χ2v) is 8.97. The van der Waals surface area contributed by atoms with Crippen LogP contribution in [0.25, 0.3) is 22.1 Å². The molecule has 0 radical (unpaired) electrons. The molecule has 0 spiro atoms. The Hall–Kier alpha value is -3.45. The van der Waals surface area contributed by atoms with Crippen LogP contribution in [0.1, 0.15) is 38.8 Å². The molecule has 3 aromatic rings. The number of fused-ring (bicyclic) bond motifs is 3. The van der Waals surface area contributed by atoms with Crippen molar-refractivity contribution in [3.05, 3.63) is 57.5 Å². The Morgan fingerprint density at radius 2 is 1.91 bits per heavy atom. The fourth-order valence-corrected chi connectivity index (χ4v) is 3.93. The van der Waals surface area contributed by atoms with Crippen LogP contribution in [0.3, 0.4) is 0 Å². The molecule has 1 aromatic heterocycles. The highest BCUT2D eigenvalue weighted by Gasteiger charge is 2.39. The van der Waals surface area contributed by atoms with Crippen molar-refractivity contribution in [2.45, 2.75) is 52.2 Å². The van der Waals surface area contributed by atoms with E-state index in [1.807, 2.05) is 19.9 Å². The van der Waals surface area contributed by atoms with Gasteiger partial charge in [-0.05, 0) is 51.8 Å². The molecule has 0 fully saturated rings. The van der Waals surface area contributed by atoms with Crippen molar-refractivity contribution >= 4 is 11.0 Å². The van der Waals surface area contributed by atoms with Crippen molar-refractivity contribution in [1.29, 1.82) is 0 Å². The maximum absolute atomic E-state index is 13.4. The standard InChI is InChI=1S/C25H26O7/c1-12(2)5-7-14-21(28)20-22(29)16(13-6-8-17(26)18(27)9-13)11-31-24(20)15-10-19(25(3,4)30)32-23(14)15/h5-6,8-9,11,19,26-28,30H,7,10H2,1-4H3/t19-/m1/s1. The number of phenols is 3. The van der Waals surface area contributed by atoms with Crippen LogP contribution >= 0.6 is 0 Å². The Labute approximate surface area is 184 Å². The molecule has 7 nitrogen and oxygen atoms in total. The minimum Gasteiger partial charge on any atom is -0.507 e. The molecule has 4 N–H and O–H groups in total. The van der Waals surface area contributed by atoms with E-state index in [1.54, 1.807) is 13.8 Å². The van der Waals surface area contributed by atoms with E-state index in [4.69, 9.17) is 9.15 Å². The van der Waals surface area contributed by atoms with Gasteiger partial charge in [0, 0.05) is 17.5 Å². The second-order valence-electron chi connectivity index (χ2n) is 8.97. The summed E-state index contributed by atoms with van der Waals surface area (Å²) in [6.45, 7) is 7.16. The van der Waals surface area contributed by atoms with Gasteiger partial charge in [0.15, 0.2) is 11.5 Å². The number of ether oxygens (including phenoxy) is 1. The van der Waals surface area contributed by atoms with Crippen LogP contribution in [-0.2, 0) is 12.8 Å². The zero-order chi connectivity index (χ0) is 23.4. The first kappa shape index (κ1) is 21.8. The average molecular weight is 438 g/mol. The topological polar surface area (TPSA) is 120 Å².